The van der Waals surface area contributed by atoms with E-state index < -0.39 is 68.7 Å². The normalized spacial score (nSPS) is 12.4. The summed E-state index contributed by atoms with van der Waals surface area (Å²) < 4.78 is 64.9. The number of hydrogen-bond acceptors (Lipinski definition) is 9. The molecule has 3 aromatic rings. The minimum Gasteiger partial charge on any atom is -0.476 e. The number of aromatic nitrogens is 2. The minimum atomic E-state index is -4.77. The molecule has 0 aliphatic carbocycles. The van der Waals surface area contributed by atoms with Gasteiger partial charge in [-0.1, -0.05) is 23.2 Å². The maximum Gasteiger partial charge on any atom is 0.356 e. The number of H-pyrrole nitrogens is 1. The molecule has 0 atom stereocenters. The standard InChI is InChI=1S/C16H11Cl2N5O9S2/c17-7-5-12(34(30,31)32)8(18)4-10(7)23-15(24)13(14(22-23)16(25)26)21-20-9-3-6(19)1-2-11(9)33(27,28)29/h1-5,22H,19H2,(H,25,26)(H,27,28,29)(H,30,31,32). The lowest BCUT2D eigenvalue weighted by molar-refractivity contribution is 0.0690. The van der Waals surface area contributed by atoms with Crippen molar-refractivity contribution in [2.45, 2.75) is 9.79 Å². The Morgan fingerprint density at radius 1 is 0.971 bits per heavy atom. The van der Waals surface area contributed by atoms with Crippen molar-refractivity contribution in [3.05, 3.63) is 56.4 Å². The Hall–Kier alpha value is -3.28. The molecular weight excluding hydrogens is 541 g/mol. The molecule has 6 N–H and O–H groups in total. The Balaban J connectivity index is 2.22. The molecule has 34 heavy (non-hydrogen) atoms. The van der Waals surface area contributed by atoms with E-state index in [2.05, 4.69) is 15.3 Å². The largest absolute Gasteiger partial charge is 0.476 e. The van der Waals surface area contributed by atoms with Crippen LogP contribution in [0.2, 0.25) is 10.0 Å². The third-order valence-electron chi connectivity index (χ3n) is 4.12. The van der Waals surface area contributed by atoms with Crippen molar-refractivity contribution in [3.63, 3.8) is 0 Å². The van der Waals surface area contributed by atoms with E-state index in [0.717, 1.165) is 30.3 Å². The van der Waals surface area contributed by atoms with Crippen molar-refractivity contribution in [3.8, 4) is 5.69 Å². The Bertz CT molecular complexity index is 1640. The zero-order chi connectivity index (χ0) is 25.6. The zero-order valence-corrected chi connectivity index (χ0v) is 19.3. The van der Waals surface area contributed by atoms with Gasteiger partial charge in [-0.3, -0.25) is 19.0 Å². The number of aromatic amines is 1. The lowest BCUT2D eigenvalue weighted by Crippen LogP contribution is -2.15. The molecule has 0 aliphatic heterocycles. The lowest BCUT2D eigenvalue weighted by atomic mass is 10.3. The first kappa shape index (κ1) is 25.3. The van der Waals surface area contributed by atoms with Crippen molar-refractivity contribution in [1.29, 1.82) is 0 Å². The fraction of sp³-hybridized carbons (Fsp3) is 0. The molecule has 0 radical (unpaired) electrons. The lowest BCUT2D eigenvalue weighted by Gasteiger charge is -2.08. The summed E-state index contributed by atoms with van der Waals surface area (Å²) in [5.41, 5.74) is 2.00. The van der Waals surface area contributed by atoms with Crippen LogP contribution in [0, 0.1) is 0 Å². The zero-order valence-electron chi connectivity index (χ0n) is 16.2. The summed E-state index contributed by atoms with van der Waals surface area (Å²) in [5, 5.41) is 17.7. The maximum absolute atomic E-state index is 12.9. The molecule has 0 unspecified atom stereocenters. The molecule has 2 aromatic carbocycles. The Kier molecular flexibility index (Phi) is 6.57. The number of nitrogens with zero attached hydrogens (tertiary/aromatic N) is 3. The van der Waals surface area contributed by atoms with Gasteiger partial charge in [0.25, 0.3) is 25.8 Å². The maximum atomic E-state index is 12.9. The first-order valence-corrected chi connectivity index (χ1v) is 12.1. The van der Waals surface area contributed by atoms with Gasteiger partial charge < -0.3 is 10.8 Å². The highest BCUT2D eigenvalue weighted by Crippen LogP contribution is 2.32. The monoisotopic (exact) mass is 551 g/mol. The number of carboxylic acid groups (broad SMARTS) is 1. The number of carbonyl (C=O) groups is 1. The first-order chi connectivity index (χ1) is 15.6. The van der Waals surface area contributed by atoms with Crippen molar-refractivity contribution in [2.75, 3.05) is 5.73 Å². The quantitative estimate of drug-likeness (QED) is 0.170. The predicted molar refractivity (Wildman–Crippen MR) is 118 cm³/mol. The summed E-state index contributed by atoms with van der Waals surface area (Å²) in [6.07, 6.45) is 0. The third kappa shape index (κ3) is 4.96. The van der Waals surface area contributed by atoms with Gasteiger partial charge in [0.2, 0.25) is 0 Å². The number of nitrogen functional groups attached to an aromatic ring is 1. The molecule has 18 heteroatoms. The van der Waals surface area contributed by atoms with Gasteiger partial charge in [0.1, 0.15) is 15.5 Å². The molecule has 1 aromatic heterocycles. The molecule has 0 bridgehead atoms. The van der Waals surface area contributed by atoms with Gasteiger partial charge in [-0.2, -0.15) is 16.8 Å². The van der Waals surface area contributed by atoms with Gasteiger partial charge in [0.05, 0.1) is 15.7 Å². The third-order valence-corrected chi connectivity index (χ3v) is 6.64. The van der Waals surface area contributed by atoms with E-state index in [1.54, 1.807) is 0 Å². The predicted octanol–water partition coefficient (Wildman–Crippen LogP) is 2.66. The number of nitrogens with two attached hydrogens (primary N) is 1. The van der Waals surface area contributed by atoms with E-state index in [-0.39, 0.29) is 11.4 Å². The van der Waals surface area contributed by atoms with E-state index >= 15 is 0 Å². The van der Waals surface area contributed by atoms with E-state index in [9.17, 15) is 40.6 Å². The van der Waals surface area contributed by atoms with Gasteiger partial charge in [0.15, 0.2) is 11.4 Å². The molecule has 14 nitrogen and oxygen atoms in total. The number of hydrogen-bond donors (Lipinski definition) is 5. The fourth-order valence-corrected chi connectivity index (χ4v) is 4.60. The number of benzene rings is 2. The molecule has 180 valence electrons. The summed E-state index contributed by atoms with van der Waals surface area (Å²) in [6.45, 7) is 0. The number of azo groups is 1. The summed E-state index contributed by atoms with van der Waals surface area (Å²) in [7, 11) is -9.54. The molecular formula is C16H11Cl2N5O9S2. The van der Waals surface area contributed by atoms with E-state index in [0.29, 0.717) is 4.68 Å². The summed E-state index contributed by atoms with van der Waals surface area (Å²) in [5.74, 6) is -1.68. The van der Waals surface area contributed by atoms with E-state index in [4.69, 9.17) is 28.9 Å². The number of carboxylic acids is 1. The second-order valence-electron chi connectivity index (χ2n) is 6.39. The number of rotatable bonds is 6. The van der Waals surface area contributed by atoms with Crippen molar-refractivity contribution < 1.29 is 35.8 Å². The van der Waals surface area contributed by atoms with Crippen LogP contribution in [0.1, 0.15) is 10.5 Å². The SMILES string of the molecule is Nc1ccc(S(=O)(=O)O)c(N=Nc2c(C(=O)O)[nH]n(-c3cc(Cl)c(S(=O)(=O)O)cc3Cl)c2=O)c1. The molecule has 0 amide bonds. The van der Waals surface area contributed by atoms with Gasteiger partial charge >= 0.3 is 5.97 Å². The second-order valence-corrected chi connectivity index (χ2v) is 9.99. The summed E-state index contributed by atoms with van der Waals surface area (Å²) >= 11 is 11.8. The van der Waals surface area contributed by atoms with E-state index in [1.807, 2.05) is 0 Å². The number of anilines is 1. The smallest absolute Gasteiger partial charge is 0.356 e. The number of halogens is 2. The Morgan fingerprint density at radius 2 is 1.59 bits per heavy atom. The molecule has 0 saturated carbocycles. The highest BCUT2D eigenvalue weighted by molar-refractivity contribution is 7.86. The summed E-state index contributed by atoms with van der Waals surface area (Å²) in [6, 6.07) is 4.67. The number of aromatic carboxylic acids is 1. The molecule has 3 rings (SSSR count). The molecule has 0 fully saturated rings. The molecule has 1 heterocycles. The van der Waals surface area contributed by atoms with Crippen molar-refractivity contribution >= 4 is 66.5 Å². The van der Waals surface area contributed by atoms with Crippen LogP contribution in [0.15, 0.2) is 55.1 Å². The molecule has 0 aliphatic rings. The molecule has 0 spiro atoms. The average molecular weight is 552 g/mol. The van der Waals surface area contributed by atoms with Crippen LogP contribution in [0.5, 0.6) is 0 Å². The minimum absolute atomic E-state index is 0.0200. The summed E-state index contributed by atoms with van der Waals surface area (Å²) in [4.78, 5) is 23.0. The van der Waals surface area contributed by atoms with Gasteiger partial charge in [-0.05, 0) is 30.3 Å². The molecule has 0 saturated heterocycles. The van der Waals surface area contributed by atoms with Crippen LogP contribution in [-0.2, 0) is 20.2 Å². The van der Waals surface area contributed by atoms with Crippen molar-refractivity contribution in [2.24, 2.45) is 10.2 Å². The highest BCUT2D eigenvalue weighted by Gasteiger charge is 2.25. The van der Waals surface area contributed by atoms with Crippen LogP contribution in [0.25, 0.3) is 5.69 Å². The van der Waals surface area contributed by atoms with Crippen LogP contribution in [0.4, 0.5) is 17.1 Å². The van der Waals surface area contributed by atoms with Crippen LogP contribution in [-0.4, -0.2) is 46.8 Å². The Labute approximate surface area is 199 Å². The fourth-order valence-electron chi connectivity index (χ4n) is 2.66. The average Bonchev–Trinajstić information content (AvgIpc) is 3.02. The van der Waals surface area contributed by atoms with Crippen LogP contribution < -0.4 is 11.3 Å². The Morgan fingerprint density at radius 3 is 2.15 bits per heavy atom. The van der Waals surface area contributed by atoms with Crippen LogP contribution in [0.3, 0.4) is 0 Å². The number of nitrogens with one attached hydrogen (secondary N) is 1. The topological polar surface area (TPSA) is 235 Å². The van der Waals surface area contributed by atoms with Crippen molar-refractivity contribution in [1.82, 2.24) is 9.78 Å². The highest BCUT2D eigenvalue weighted by atomic mass is 35.5. The van der Waals surface area contributed by atoms with Gasteiger partial charge in [-0.25, -0.2) is 9.48 Å². The van der Waals surface area contributed by atoms with E-state index in [1.165, 1.54) is 0 Å². The van der Waals surface area contributed by atoms with Gasteiger partial charge in [-0.15, -0.1) is 10.2 Å². The van der Waals surface area contributed by atoms with Gasteiger partial charge in [0, 0.05) is 5.69 Å². The first-order valence-electron chi connectivity index (χ1n) is 8.45. The van der Waals surface area contributed by atoms with Crippen LogP contribution >= 0.6 is 23.2 Å². The second kappa shape index (κ2) is 8.82.